The van der Waals surface area contributed by atoms with Gasteiger partial charge in [0.1, 0.15) is 5.82 Å². The molecule has 0 saturated carbocycles. The Morgan fingerprint density at radius 1 is 1.13 bits per heavy atom. The number of anilines is 1. The van der Waals surface area contributed by atoms with Gasteiger partial charge < -0.3 is 10.6 Å². The first kappa shape index (κ1) is 15.5. The van der Waals surface area contributed by atoms with Gasteiger partial charge in [-0.3, -0.25) is 9.69 Å². The number of primary amides is 1. The minimum atomic E-state index is -0.421. The normalized spacial score (nSPS) is 15.6. The number of rotatable bonds is 4. The standard InChI is InChI=1S/C18H22N4O/c1-14-5-2-3-6-15(14)13-21-9-11-22(12-10-21)18-16(17(19)23)7-4-8-20-18/h2-8H,9-13H2,1H3,(H2,19,23). The van der Waals surface area contributed by atoms with Crippen molar-refractivity contribution in [3.8, 4) is 0 Å². The molecule has 0 spiro atoms. The minimum absolute atomic E-state index is 0.421. The summed E-state index contributed by atoms with van der Waals surface area (Å²) in [6, 6.07) is 12.0. The Morgan fingerprint density at radius 2 is 1.87 bits per heavy atom. The smallest absolute Gasteiger partial charge is 0.252 e. The number of aromatic nitrogens is 1. The van der Waals surface area contributed by atoms with Crippen LogP contribution in [0.4, 0.5) is 5.82 Å². The van der Waals surface area contributed by atoms with Crippen molar-refractivity contribution in [2.45, 2.75) is 13.5 Å². The number of carbonyl (C=O) groups is 1. The molecule has 1 aromatic carbocycles. The van der Waals surface area contributed by atoms with E-state index >= 15 is 0 Å². The van der Waals surface area contributed by atoms with Gasteiger partial charge in [0.05, 0.1) is 5.56 Å². The number of nitrogens with zero attached hydrogens (tertiary/aromatic N) is 3. The van der Waals surface area contributed by atoms with Crippen molar-refractivity contribution in [3.05, 3.63) is 59.3 Å². The van der Waals surface area contributed by atoms with Crippen molar-refractivity contribution >= 4 is 11.7 Å². The fourth-order valence-electron chi connectivity index (χ4n) is 2.99. The first-order valence-corrected chi connectivity index (χ1v) is 7.92. The molecule has 3 rings (SSSR count). The van der Waals surface area contributed by atoms with E-state index in [0.717, 1.165) is 32.7 Å². The summed E-state index contributed by atoms with van der Waals surface area (Å²) in [7, 11) is 0. The van der Waals surface area contributed by atoms with Crippen LogP contribution in [0.3, 0.4) is 0 Å². The number of piperazine rings is 1. The molecular weight excluding hydrogens is 288 g/mol. The van der Waals surface area contributed by atoms with E-state index in [1.807, 2.05) is 0 Å². The lowest BCUT2D eigenvalue weighted by atomic mass is 10.1. The fraction of sp³-hybridized carbons (Fsp3) is 0.333. The van der Waals surface area contributed by atoms with Crippen molar-refractivity contribution in [1.29, 1.82) is 0 Å². The van der Waals surface area contributed by atoms with Gasteiger partial charge in [-0.1, -0.05) is 24.3 Å². The second-order valence-electron chi connectivity index (χ2n) is 5.93. The van der Waals surface area contributed by atoms with Gasteiger partial charge in [-0.2, -0.15) is 0 Å². The molecule has 0 unspecified atom stereocenters. The zero-order valence-corrected chi connectivity index (χ0v) is 13.4. The van der Waals surface area contributed by atoms with E-state index in [1.165, 1.54) is 11.1 Å². The maximum atomic E-state index is 11.6. The molecule has 5 heteroatoms. The van der Waals surface area contributed by atoms with E-state index < -0.39 is 5.91 Å². The van der Waals surface area contributed by atoms with E-state index in [9.17, 15) is 4.79 Å². The number of nitrogens with two attached hydrogens (primary N) is 1. The molecule has 0 aliphatic carbocycles. The van der Waals surface area contributed by atoms with Gasteiger partial charge in [0, 0.05) is 38.9 Å². The van der Waals surface area contributed by atoms with Crippen molar-refractivity contribution in [1.82, 2.24) is 9.88 Å². The molecule has 1 aliphatic heterocycles. The topological polar surface area (TPSA) is 62.5 Å². The molecule has 120 valence electrons. The van der Waals surface area contributed by atoms with Gasteiger partial charge in [0.25, 0.3) is 5.91 Å². The van der Waals surface area contributed by atoms with E-state index in [0.29, 0.717) is 11.4 Å². The molecule has 23 heavy (non-hydrogen) atoms. The number of aryl methyl sites for hydroxylation is 1. The van der Waals surface area contributed by atoms with Crippen LogP contribution < -0.4 is 10.6 Å². The molecule has 1 aromatic heterocycles. The molecule has 1 amide bonds. The fourth-order valence-corrected chi connectivity index (χ4v) is 2.99. The summed E-state index contributed by atoms with van der Waals surface area (Å²) in [6.07, 6.45) is 1.71. The summed E-state index contributed by atoms with van der Waals surface area (Å²) in [6.45, 7) is 6.71. The molecule has 1 aliphatic rings. The lowest BCUT2D eigenvalue weighted by molar-refractivity contribution is 0.1000. The van der Waals surface area contributed by atoms with Gasteiger partial charge in [-0.05, 0) is 30.2 Å². The Balaban J connectivity index is 1.65. The van der Waals surface area contributed by atoms with Gasteiger partial charge in [0.2, 0.25) is 0 Å². The summed E-state index contributed by atoms with van der Waals surface area (Å²) in [5.74, 6) is 0.283. The van der Waals surface area contributed by atoms with Gasteiger partial charge >= 0.3 is 0 Å². The number of hydrogen-bond donors (Lipinski definition) is 1. The monoisotopic (exact) mass is 310 g/mol. The predicted octanol–water partition coefficient (Wildman–Crippen LogP) is 1.81. The molecule has 0 atom stereocenters. The number of pyridine rings is 1. The molecule has 2 N–H and O–H groups in total. The molecule has 2 heterocycles. The summed E-state index contributed by atoms with van der Waals surface area (Å²) >= 11 is 0. The Morgan fingerprint density at radius 3 is 2.57 bits per heavy atom. The Labute approximate surface area is 136 Å². The largest absolute Gasteiger partial charge is 0.365 e. The number of benzene rings is 1. The third-order valence-electron chi connectivity index (χ3n) is 4.38. The quantitative estimate of drug-likeness (QED) is 0.935. The van der Waals surface area contributed by atoms with Gasteiger partial charge in [-0.25, -0.2) is 4.98 Å². The molecule has 5 nitrogen and oxygen atoms in total. The minimum Gasteiger partial charge on any atom is -0.365 e. The van der Waals surface area contributed by atoms with Crippen molar-refractivity contribution in [2.24, 2.45) is 5.73 Å². The highest BCUT2D eigenvalue weighted by molar-refractivity contribution is 5.97. The average molecular weight is 310 g/mol. The highest BCUT2D eigenvalue weighted by atomic mass is 16.1. The molecule has 0 radical (unpaired) electrons. The van der Waals surface area contributed by atoms with Crippen LogP contribution in [0.2, 0.25) is 0 Å². The lowest BCUT2D eigenvalue weighted by Gasteiger charge is -2.36. The van der Waals surface area contributed by atoms with E-state index in [4.69, 9.17) is 5.73 Å². The van der Waals surface area contributed by atoms with E-state index in [-0.39, 0.29) is 0 Å². The van der Waals surface area contributed by atoms with Crippen LogP contribution in [-0.4, -0.2) is 42.0 Å². The van der Waals surface area contributed by atoms with Crippen LogP contribution in [0, 0.1) is 6.92 Å². The number of hydrogen-bond acceptors (Lipinski definition) is 4. The van der Waals surface area contributed by atoms with Crippen LogP contribution in [0.25, 0.3) is 0 Å². The first-order chi connectivity index (χ1) is 11.1. The third kappa shape index (κ3) is 3.51. The van der Waals surface area contributed by atoms with Crippen LogP contribution in [0.15, 0.2) is 42.6 Å². The van der Waals surface area contributed by atoms with Crippen LogP contribution in [-0.2, 0) is 6.54 Å². The summed E-state index contributed by atoms with van der Waals surface area (Å²) in [5.41, 5.74) is 8.65. The molecular formula is C18H22N4O. The summed E-state index contributed by atoms with van der Waals surface area (Å²) < 4.78 is 0. The maximum Gasteiger partial charge on any atom is 0.252 e. The summed E-state index contributed by atoms with van der Waals surface area (Å²) in [4.78, 5) is 20.5. The molecule has 1 saturated heterocycles. The Bertz CT molecular complexity index is 693. The predicted molar refractivity (Wildman–Crippen MR) is 91.4 cm³/mol. The van der Waals surface area contributed by atoms with E-state index in [2.05, 4.69) is 46.0 Å². The molecule has 2 aromatic rings. The second-order valence-corrected chi connectivity index (χ2v) is 5.93. The van der Waals surface area contributed by atoms with Crippen LogP contribution in [0.5, 0.6) is 0 Å². The SMILES string of the molecule is Cc1ccccc1CN1CCN(c2ncccc2C(N)=O)CC1. The number of amides is 1. The average Bonchev–Trinajstić information content (AvgIpc) is 2.58. The first-order valence-electron chi connectivity index (χ1n) is 7.92. The summed E-state index contributed by atoms with van der Waals surface area (Å²) in [5, 5.41) is 0. The highest BCUT2D eigenvalue weighted by Gasteiger charge is 2.21. The lowest BCUT2D eigenvalue weighted by Crippen LogP contribution is -2.46. The zero-order valence-electron chi connectivity index (χ0n) is 13.4. The van der Waals surface area contributed by atoms with Gasteiger partial charge in [-0.15, -0.1) is 0 Å². The zero-order chi connectivity index (χ0) is 16.2. The van der Waals surface area contributed by atoms with Crippen LogP contribution in [0.1, 0.15) is 21.5 Å². The van der Waals surface area contributed by atoms with Crippen molar-refractivity contribution in [3.63, 3.8) is 0 Å². The molecule has 1 fully saturated rings. The van der Waals surface area contributed by atoms with Crippen molar-refractivity contribution in [2.75, 3.05) is 31.1 Å². The molecule has 0 bridgehead atoms. The second kappa shape index (κ2) is 6.79. The number of carbonyl (C=O) groups excluding carboxylic acids is 1. The van der Waals surface area contributed by atoms with E-state index in [1.54, 1.807) is 18.3 Å². The third-order valence-corrected chi connectivity index (χ3v) is 4.38. The van der Waals surface area contributed by atoms with Crippen LogP contribution >= 0.6 is 0 Å². The van der Waals surface area contributed by atoms with Crippen molar-refractivity contribution < 1.29 is 4.79 Å². The maximum absolute atomic E-state index is 11.6. The van der Waals surface area contributed by atoms with Gasteiger partial charge in [0.15, 0.2) is 0 Å². The highest BCUT2D eigenvalue weighted by Crippen LogP contribution is 2.19. The Kier molecular flexibility index (Phi) is 4.57. The Hall–Kier alpha value is -2.40.